The minimum absolute atomic E-state index is 0.205. The van der Waals surface area contributed by atoms with Crippen molar-refractivity contribution in [3.63, 3.8) is 0 Å². The van der Waals surface area contributed by atoms with E-state index < -0.39 is 0 Å². The van der Waals surface area contributed by atoms with E-state index in [4.69, 9.17) is 10.6 Å². The number of anilines is 2. The molecule has 112 valence electrons. The van der Waals surface area contributed by atoms with Gasteiger partial charge in [0, 0.05) is 31.0 Å². The fourth-order valence-electron chi connectivity index (χ4n) is 2.26. The van der Waals surface area contributed by atoms with Crippen LogP contribution in [0.2, 0.25) is 0 Å². The number of ether oxygens (including phenoxy) is 1. The standard InChI is InChI=1S/C12H18N8O/c1-8(9-2-5-21-6-9)15-10-16-11(19-13)18-12(17-10)20-4-3-14-7-20/h3-4,7-9H,2,5-6,13H2,1H3,(H2,15,16,17,18,19). The molecule has 21 heavy (non-hydrogen) atoms. The fourth-order valence-corrected chi connectivity index (χ4v) is 2.26. The van der Waals surface area contributed by atoms with Crippen LogP contribution in [0.1, 0.15) is 13.3 Å². The highest BCUT2D eigenvalue weighted by Crippen LogP contribution is 2.19. The number of rotatable bonds is 5. The van der Waals surface area contributed by atoms with Crippen molar-refractivity contribution in [2.24, 2.45) is 11.8 Å². The summed E-state index contributed by atoms with van der Waals surface area (Å²) in [5, 5.41) is 3.29. The van der Waals surface area contributed by atoms with E-state index in [1.54, 1.807) is 23.3 Å². The third kappa shape index (κ3) is 3.09. The van der Waals surface area contributed by atoms with E-state index in [2.05, 4.69) is 37.6 Å². The summed E-state index contributed by atoms with van der Waals surface area (Å²) in [4.78, 5) is 16.8. The highest BCUT2D eigenvalue weighted by Gasteiger charge is 2.23. The van der Waals surface area contributed by atoms with Gasteiger partial charge in [-0.25, -0.2) is 10.8 Å². The summed E-state index contributed by atoms with van der Waals surface area (Å²) in [6.07, 6.45) is 6.07. The molecule has 0 radical (unpaired) electrons. The molecule has 1 aliphatic heterocycles. The molecule has 9 nitrogen and oxygen atoms in total. The molecule has 3 heterocycles. The molecular formula is C12H18N8O. The third-order valence-electron chi connectivity index (χ3n) is 3.52. The first-order valence-corrected chi connectivity index (χ1v) is 6.81. The van der Waals surface area contributed by atoms with Gasteiger partial charge in [-0.3, -0.25) is 9.99 Å². The Labute approximate surface area is 121 Å². The number of nitrogens with two attached hydrogens (primary N) is 1. The van der Waals surface area contributed by atoms with E-state index in [0.29, 0.717) is 23.8 Å². The van der Waals surface area contributed by atoms with Crippen LogP contribution < -0.4 is 16.6 Å². The summed E-state index contributed by atoms with van der Waals surface area (Å²) in [6, 6.07) is 0.205. The lowest BCUT2D eigenvalue weighted by molar-refractivity contribution is 0.183. The molecule has 3 rings (SSSR count). The average molecular weight is 290 g/mol. The number of hydrogen-bond donors (Lipinski definition) is 3. The van der Waals surface area contributed by atoms with Crippen LogP contribution in [0.5, 0.6) is 0 Å². The van der Waals surface area contributed by atoms with Crippen molar-refractivity contribution < 1.29 is 4.74 Å². The van der Waals surface area contributed by atoms with Crippen molar-refractivity contribution in [1.29, 1.82) is 0 Å². The highest BCUT2D eigenvalue weighted by molar-refractivity contribution is 5.37. The van der Waals surface area contributed by atoms with Crippen molar-refractivity contribution >= 4 is 11.9 Å². The van der Waals surface area contributed by atoms with Gasteiger partial charge in [-0.1, -0.05) is 0 Å². The van der Waals surface area contributed by atoms with Gasteiger partial charge in [0.05, 0.1) is 6.61 Å². The number of hydrogen-bond acceptors (Lipinski definition) is 8. The van der Waals surface area contributed by atoms with Gasteiger partial charge in [-0.15, -0.1) is 0 Å². The van der Waals surface area contributed by atoms with Gasteiger partial charge in [0.15, 0.2) is 0 Å². The van der Waals surface area contributed by atoms with Gasteiger partial charge in [0.25, 0.3) is 0 Å². The number of nitrogens with one attached hydrogen (secondary N) is 2. The zero-order valence-corrected chi connectivity index (χ0v) is 11.7. The Bertz CT molecular complexity index is 581. The normalized spacial score (nSPS) is 19.4. The quantitative estimate of drug-likeness (QED) is 0.527. The van der Waals surface area contributed by atoms with E-state index >= 15 is 0 Å². The Morgan fingerprint density at radius 3 is 2.90 bits per heavy atom. The largest absolute Gasteiger partial charge is 0.381 e. The molecule has 2 unspecified atom stereocenters. The van der Waals surface area contributed by atoms with Gasteiger partial charge < -0.3 is 10.1 Å². The summed E-state index contributed by atoms with van der Waals surface area (Å²) < 4.78 is 7.10. The molecule has 0 saturated carbocycles. The van der Waals surface area contributed by atoms with E-state index in [9.17, 15) is 0 Å². The Morgan fingerprint density at radius 2 is 2.24 bits per heavy atom. The summed E-state index contributed by atoms with van der Waals surface area (Å²) in [7, 11) is 0. The Morgan fingerprint density at radius 1 is 1.38 bits per heavy atom. The SMILES string of the molecule is CC(Nc1nc(NN)nc(-n2ccnc2)n1)C1CCOC1. The number of imidazole rings is 1. The number of aromatic nitrogens is 5. The summed E-state index contributed by atoms with van der Waals surface area (Å²) in [5.74, 6) is 7.09. The molecule has 1 saturated heterocycles. The van der Waals surface area contributed by atoms with E-state index in [-0.39, 0.29) is 6.04 Å². The molecule has 1 fully saturated rings. The van der Waals surface area contributed by atoms with Crippen LogP contribution in [-0.2, 0) is 4.74 Å². The first-order valence-electron chi connectivity index (χ1n) is 6.81. The molecule has 2 aromatic heterocycles. The van der Waals surface area contributed by atoms with Gasteiger partial charge in [0.2, 0.25) is 17.8 Å². The smallest absolute Gasteiger partial charge is 0.243 e. The number of nitrogen functional groups attached to an aromatic ring is 1. The van der Waals surface area contributed by atoms with Crippen molar-refractivity contribution in [3.05, 3.63) is 18.7 Å². The lowest BCUT2D eigenvalue weighted by Crippen LogP contribution is -2.28. The monoisotopic (exact) mass is 290 g/mol. The molecule has 0 bridgehead atoms. The second-order valence-corrected chi connectivity index (χ2v) is 4.95. The average Bonchev–Trinajstić information content (AvgIpc) is 3.19. The molecule has 2 aromatic rings. The van der Waals surface area contributed by atoms with Crippen LogP contribution in [0.25, 0.3) is 5.95 Å². The van der Waals surface area contributed by atoms with Gasteiger partial charge >= 0.3 is 0 Å². The van der Waals surface area contributed by atoms with Gasteiger partial charge in [0.1, 0.15) is 6.33 Å². The maximum atomic E-state index is 5.42. The van der Waals surface area contributed by atoms with Crippen LogP contribution in [0.15, 0.2) is 18.7 Å². The first-order chi connectivity index (χ1) is 10.3. The highest BCUT2D eigenvalue weighted by atomic mass is 16.5. The van der Waals surface area contributed by atoms with Gasteiger partial charge in [-0.2, -0.15) is 15.0 Å². The summed E-state index contributed by atoms with van der Waals surface area (Å²) in [5.41, 5.74) is 2.45. The van der Waals surface area contributed by atoms with E-state index in [1.165, 1.54) is 0 Å². The minimum atomic E-state index is 0.205. The van der Waals surface area contributed by atoms with Crippen LogP contribution >= 0.6 is 0 Å². The molecule has 0 amide bonds. The second-order valence-electron chi connectivity index (χ2n) is 4.95. The minimum Gasteiger partial charge on any atom is -0.381 e. The predicted octanol–water partition coefficient (Wildman–Crippen LogP) is 0.180. The second kappa shape index (κ2) is 6.02. The fraction of sp³-hybridized carbons (Fsp3) is 0.500. The maximum Gasteiger partial charge on any atom is 0.243 e. The Balaban J connectivity index is 1.82. The molecule has 0 aromatic carbocycles. The summed E-state index contributed by atoms with van der Waals surface area (Å²) in [6.45, 7) is 3.66. The van der Waals surface area contributed by atoms with E-state index in [0.717, 1.165) is 19.6 Å². The number of nitrogens with zero attached hydrogens (tertiary/aromatic N) is 5. The third-order valence-corrected chi connectivity index (χ3v) is 3.52. The molecule has 2 atom stereocenters. The van der Waals surface area contributed by atoms with Crippen LogP contribution in [0.3, 0.4) is 0 Å². The topological polar surface area (TPSA) is 116 Å². The molecule has 0 aliphatic carbocycles. The molecule has 4 N–H and O–H groups in total. The zero-order valence-electron chi connectivity index (χ0n) is 11.7. The summed E-state index contributed by atoms with van der Waals surface area (Å²) >= 11 is 0. The van der Waals surface area contributed by atoms with Crippen molar-refractivity contribution in [1.82, 2.24) is 24.5 Å². The van der Waals surface area contributed by atoms with Gasteiger partial charge in [-0.05, 0) is 13.3 Å². The van der Waals surface area contributed by atoms with Crippen LogP contribution in [0.4, 0.5) is 11.9 Å². The number of hydrazine groups is 1. The van der Waals surface area contributed by atoms with E-state index in [1.807, 2.05) is 0 Å². The zero-order chi connectivity index (χ0) is 14.7. The molecule has 0 spiro atoms. The Hall–Kier alpha value is -2.26. The lowest BCUT2D eigenvalue weighted by Gasteiger charge is -2.19. The molecule has 1 aliphatic rings. The van der Waals surface area contributed by atoms with Crippen LogP contribution in [-0.4, -0.2) is 43.8 Å². The molecule has 9 heteroatoms. The predicted molar refractivity (Wildman–Crippen MR) is 76.8 cm³/mol. The lowest BCUT2D eigenvalue weighted by atomic mass is 10.0. The van der Waals surface area contributed by atoms with Crippen molar-refractivity contribution in [3.8, 4) is 5.95 Å². The van der Waals surface area contributed by atoms with Crippen LogP contribution in [0, 0.1) is 5.92 Å². The molecular weight excluding hydrogens is 272 g/mol. The Kier molecular flexibility index (Phi) is 3.93. The first kappa shape index (κ1) is 13.7. The van der Waals surface area contributed by atoms with Crippen molar-refractivity contribution in [2.45, 2.75) is 19.4 Å². The maximum absolute atomic E-state index is 5.42. The van der Waals surface area contributed by atoms with Crippen molar-refractivity contribution in [2.75, 3.05) is 24.0 Å².